The number of sulfonamides is 1. The van der Waals surface area contributed by atoms with Crippen molar-refractivity contribution in [2.45, 2.75) is 5.75 Å². The minimum Gasteiger partial charge on any atom is -0.249 e. The first-order chi connectivity index (χ1) is 5.47. The molecule has 1 rings (SSSR count). The number of aromatic nitrogens is 1. The van der Waals surface area contributed by atoms with Crippen molar-refractivity contribution in [3.8, 4) is 0 Å². The molecule has 0 aliphatic heterocycles. The third-order valence-electron chi connectivity index (χ3n) is 1.16. The van der Waals surface area contributed by atoms with Crippen LogP contribution in [0.4, 0.5) is 0 Å². The van der Waals surface area contributed by atoms with Gasteiger partial charge in [-0.25, -0.2) is 18.5 Å². The second kappa shape index (κ2) is 3.51. The number of rotatable bonds is 2. The van der Waals surface area contributed by atoms with Crippen LogP contribution in [0, 0.1) is 0 Å². The Morgan fingerprint density at radius 2 is 2.17 bits per heavy atom. The third-order valence-corrected chi connectivity index (χ3v) is 2.36. The first kappa shape index (κ1) is 9.63. The Kier molecular flexibility index (Phi) is 2.81. The molecule has 6 heteroatoms. The van der Waals surface area contributed by atoms with Crippen molar-refractivity contribution < 1.29 is 8.42 Å². The second-order valence-electron chi connectivity index (χ2n) is 2.30. The van der Waals surface area contributed by atoms with Crippen LogP contribution in [0.5, 0.6) is 0 Å². The van der Waals surface area contributed by atoms with E-state index in [1.807, 2.05) is 0 Å². The highest BCUT2D eigenvalue weighted by atomic mass is 79.9. The Morgan fingerprint density at radius 3 is 2.58 bits per heavy atom. The SMILES string of the molecule is NS(=O)(=O)Cc1ccc(Br)nc1. The molecule has 0 radical (unpaired) electrons. The number of pyridine rings is 1. The minimum absolute atomic E-state index is 0.173. The molecule has 0 aliphatic rings. The Bertz CT molecular complexity index is 360. The van der Waals surface area contributed by atoms with Crippen LogP contribution < -0.4 is 5.14 Å². The van der Waals surface area contributed by atoms with Crippen molar-refractivity contribution in [3.63, 3.8) is 0 Å². The largest absolute Gasteiger partial charge is 0.249 e. The number of hydrogen-bond donors (Lipinski definition) is 1. The molecular weight excluding hydrogens is 244 g/mol. The number of primary sulfonamides is 1. The standard InChI is InChI=1S/C6H7BrN2O2S/c7-6-2-1-5(3-9-6)4-12(8,10)11/h1-3H,4H2,(H2,8,10,11). The summed E-state index contributed by atoms with van der Waals surface area (Å²) in [6.07, 6.45) is 1.47. The Hall–Kier alpha value is -0.460. The molecule has 0 aromatic carbocycles. The van der Waals surface area contributed by atoms with Crippen molar-refractivity contribution >= 4 is 26.0 Å². The van der Waals surface area contributed by atoms with Crippen molar-refractivity contribution in [3.05, 3.63) is 28.5 Å². The van der Waals surface area contributed by atoms with Gasteiger partial charge in [0.25, 0.3) is 0 Å². The first-order valence-corrected chi connectivity index (χ1v) is 5.59. The van der Waals surface area contributed by atoms with Gasteiger partial charge in [0.2, 0.25) is 10.0 Å². The van der Waals surface area contributed by atoms with Gasteiger partial charge in [-0.1, -0.05) is 6.07 Å². The van der Waals surface area contributed by atoms with E-state index in [4.69, 9.17) is 5.14 Å². The van der Waals surface area contributed by atoms with Crippen LogP contribution in [0.2, 0.25) is 0 Å². The maximum atomic E-state index is 10.6. The lowest BCUT2D eigenvalue weighted by molar-refractivity contribution is 0.597. The van der Waals surface area contributed by atoms with Gasteiger partial charge in [-0.15, -0.1) is 0 Å². The topological polar surface area (TPSA) is 73.1 Å². The lowest BCUT2D eigenvalue weighted by Gasteiger charge is -1.97. The fourth-order valence-corrected chi connectivity index (χ4v) is 1.59. The van der Waals surface area contributed by atoms with Gasteiger partial charge < -0.3 is 0 Å². The summed E-state index contributed by atoms with van der Waals surface area (Å²) in [7, 11) is -3.45. The highest BCUT2D eigenvalue weighted by molar-refractivity contribution is 9.10. The molecule has 0 fully saturated rings. The van der Waals surface area contributed by atoms with Gasteiger partial charge in [0.1, 0.15) is 4.60 Å². The molecule has 0 aliphatic carbocycles. The predicted molar refractivity (Wildman–Crippen MR) is 48.7 cm³/mol. The molecule has 0 unspecified atom stereocenters. The maximum Gasteiger partial charge on any atom is 0.213 e. The lowest BCUT2D eigenvalue weighted by atomic mass is 10.3. The van der Waals surface area contributed by atoms with Crippen molar-refractivity contribution in [2.75, 3.05) is 0 Å². The van der Waals surface area contributed by atoms with Gasteiger partial charge in [0, 0.05) is 6.20 Å². The van der Waals surface area contributed by atoms with Crippen LogP contribution >= 0.6 is 15.9 Å². The van der Waals surface area contributed by atoms with Crippen LogP contribution in [0.3, 0.4) is 0 Å². The third kappa shape index (κ3) is 3.29. The molecule has 0 bridgehead atoms. The monoisotopic (exact) mass is 250 g/mol. The molecule has 0 saturated heterocycles. The summed E-state index contributed by atoms with van der Waals surface area (Å²) in [5, 5.41) is 4.84. The van der Waals surface area contributed by atoms with E-state index in [9.17, 15) is 8.42 Å². The number of hydrogen-bond acceptors (Lipinski definition) is 3. The second-order valence-corrected chi connectivity index (χ2v) is 4.72. The first-order valence-electron chi connectivity index (χ1n) is 3.08. The molecular formula is C6H7BrN2O2S. The zero-order valence-corrected chi connectivity index (χ0v) is 8.47. The van der Waals surface area contributed by atoms with Crippen LogP contribution in [0.15, 0.2) is 22.9 Å². The molecule has 4 nitrogen and oxygen atoms in total. The maximum absolute atomic E-state index is 10.6. The highest BCUT2D eigenvalue weighted by Gasteiger charge is 2.04. The fourth-order valence-electron chi connectivity index (χ4n) is 0.724. The minimum atomic E-state index is -3.45. The smallest absolute Gasteiger partial charge is 0.213 e. The normalized spacial score (nSPS) is 11.5. The molecule has 0 saturated carbocycles. The zero-order valence-electron chi connectivity index (χ0n) is 6.07. The van der Waals surface area contributed by atoms with Crippen LogP contribution in [0.1, 0.15) is 5.56 Å². The van der Waals surface area contributed by atoms with Crippen molar-refractivity contribution in [1.82, 2.24) is 4.98 Å². The molecule has 1 aromatic rings. The van der Waals surface area contributed by atoms with E-state index < -0.39 is 10.0 Å². The van der Waals surface area contributed by atoms with Gasteiger partial charge in [-0.3, -0.25) is 0 Å². The predicted octanol–water partition coefficient (Wildman–Crippen LogP) is 0.633. The van der Waals surface area contributed by atoms with E-state index in [1.54, 1.807) is 12.1 Å². The molecule has 0 amide bonds. The van der Waals surface area contributed by atoms with E-state index in [1.165, 1.54) is 6.20 Å². The molecule has 0 spiro atoms. The Balaban J connectivity index is 2.85. The van der Waals surface area contributed by atoms with Crippen LogP contribution in [-0.2, 0) is 15.8 Å². The fraction of sp³-hybridized carbons (Fsp3) is 0.167. The lowest BCUT2D eigenvalue weighted by Crippen LogP contribution is -2.14. The number of halogens is 1. The van der Waals surface area contributed by atoms with E-state index in [0.29, 0.717) is 10.2 Å². The van der Waals surface area contributed by atoms with Gasteiger partial charge in [0.15, 0.2) is 0 Å². The summed E-state index contributed by atoms with van der Waals surface area (Å²) >= 11 is 3.13. The molecule has 0 atom stereocenters. The van der Waals surface area contributed by atoms with E-state index >= 15 is 0 Å². The molecule has 12 heavy (non-hydrogen) atoms. The quantitative estimate of drug-likeness (QED) is 0.783. The summed E-state index contributed by atoms with van der Waals surface area (Å²) in [6, 6.07) is 3.32. The van der Waals surface area contributed by atoms with Gasteiger partial charge >= 0.3 is 0 Å². The van der Waals surface area contributed by atoms with E-state index in [-0.39, 0.29) is 5.75 Å². The highest BCUT2D eigenvalue weighted by Crippen LogP contribution is 2.07. The average molecular weight is 251 g/mol. The summed E-state index contributed by atoms with van der Waals surface area (Å²) in [5.74, 6) is -0.173. The van der Waals surface area contributed by atoms with Crippen molar-refractivity contribution in [1.29, 1.82) is 0 Å². The summed E-state index contributed by atoms with van der Waals surface area (Å²) < 4.78 is 21.9. The van der Waals surface area contributed by atoms with Gasteiger partial charge in [0.05, 0.1) is 5.75 Å². The van der Waals surface area contributed by atoms with E-state index in [2.05, 4.69) is 20.9 Å². The molecule has 66 valence electrons. The molecule has 1 heterocycles. The summed E-state index contributed by atoms with van der Waals surface area (Å²) in [6.45, 7) is 0. The zero-order chi connectivity index (χ0) is 9.19. The summed E-state index contributed by atoms with van der Waals surface area (Å²) in [5.41, 5.74) is 0.584. The molecule has 2 N–H and O–H groups in total. The number of nitrogens with zero attached hydrogens (tertiary/aromatic N) is 1. The Morgan fingerprint density at radius 1 is 1.50 bits per heavy atom. The Labute approximate surface area is 79.0 Å². The molecule has 1 aromatic heterocycles. The van der Waals surface area contributed by atoms with Crippen LogP contribution in [0.25, 0.3) is 0 Å². The van der Waals surface area contributed by atoms with Gasteiger partial charge in [-0.2, -0.15) is 0 Å². The van der Waals surface area contributed by atoms with E-state index in [0.717, 1.165) is 0 Å². The van der Waals surface area contributed by atoms with Crippen LogP contribution in [-0.4, -0.2) is 13.4 Å². The summed E-state index contributed by atoms with van der Waals surface area (Å²) in [4.78, 5) is 3.86. The van der Waals surface area contributed by atoms with Crippen molar-refractivity contribution in [2.24, 2.45) is 5.14 Å². The van der Waals surface area contributed by atoms with Gasteiger partial charge in [-0.05, 0) is 27.6 Å². The number of nitrogens with two attached hydrogens (primary N) is 1. The average Bonchev–Trinajstić information content (AvgIpc) is 1.91.